The van der Waals surface area contributed by atoms with Gasteiger partial charge < -0.3 is 15.2 Å². The van der Waals surface area contributed by atoms with Gasteiger partial charge in [-0.3, -0.25) is 4.98 Å². The van der Waals surface area contributed by atoms with Gasteiger partial charge in [-0.25, -0.2) is 0 Å². The molecule has 4 heteroatoms. The van der Waals surface area contributed by atoms with Gasteiger partial charge in [0.25, 0.3) is 0 Å². The number of ether oxygens (including phenoxy) is 1. The maximum absolute atomic E-state index is 9.99. The zero-order valence-electron chi connectivity index (χ0n) is 12.8. The first kappa shape index (κ1) is 15.3. The first-order valence-electron chi connectivity index (χ1n) is 7.18. The molecule has 1 heterocycles. The second-order valence-corrected chi connectivity index (χ2v) is 4.99. The molecule has 0 saturated heterocycles. The van der Waals surface area contributed by atoms with Crippen LogP contribution in [0.15, 0.2) is 36.5 Å². The Morgan fingerprint density at radius 3 is 2.86 bits per heavy atom. The smallest absolute Gasteiger partial charge is 0.120 e. The monoisotopic (exact) mass is 286 g/mol. The molecule has 0 saturated carbocycles. The minimum absolute atomic E-state index is 0.00631. The Bertz CT molecular complexity index is 599. The quantitative estimate of drug-likeness (QED) is 0.856. The fourth-order valence-electron chi connectivity index (χ4n) is 2.32. The summed E-state index contributed by atoms with van der Waals surface area (Å²) in [5, 5.41) is 13.4. The zero-order chi connectivity index (χ0) is 15.2. The summed E-state index contributed by atoms with van der Waals surface area (Å²) in [7, 11) is 1.62. The maximum Gasteiger partial charge on any atom is 0.120 e. The van der Waals surface area contributed by atoms with Crippen molar-refractivity contribution in [3.05, 3.63) is 53.3 Å². The summed E-state index contributed by atoms with van der Waals surface area (Å²) in [6.07, 6.45) is 2.77. The molecular weight excluding hydrogens is 264 g/mol. The van der Waals surface area contributed by atoms with E-state index >= 15 is 0 Å². The van der Waals surface area contributed by atoms with Gasteiger partial charge >= 0.3 is 0 Å². The van der Waals surface area contributed by atoms with E-state index in [9.17, 15) is 5.11 Å². The molecule has 0 aliphatic rings. The van der Waals surface area contributed by atoms with Crippen LogP contribution in [0, 0.1) is 0 Å². The molecule has 1 unspecified atom stereocenters. The van der Waals surface area contributed by atoms with Crippen LogP contribution in [-0.2, 0) is 13.0 Å². The highest BCUT2D eigenvalue weighted by atomic mass is 16.5. The van der Waals surface area contributed by atoms with Crippen LogP contribution in [0.25, 0.3) is 0 Å². The fraction of sp³-hybridized carbons (Fsp3) is 0.353. The van der Waals surface area contributed by atoms with Crippen molar-refractivity contribution >= 4 is 0 Å². The average molecular weight is 286 g/mol. The Morgan fingerprint density at radius 1 is 1.33 bits per heavy atom. The molecule has 1 aromatic heterocycles. The number of hydrogen-bond acceptors (Lipinski definition) is 4. The van der Waals surface area contributed by atoms with Crippen LogP contribution >= 0.6 is 0 Å². The number of aromatic hydroxyl groups is 1. The van der Waals surface area contributed by atoms with Gasteiger partial charge in [0.05, 0.1) is 12.8 Å². The van der Waals surface area contributed by atoms with Crippen LogP contribution in [0.1, 0.15) is 36.7 Å². The molecule has 2 aromatic rings. The molecular formula is C17H22N2O2. The van der Waals surface area contributed by atoms with Crippen molar-refractivity contribution in [1.29, 1.82) is 0 Å². The number of aryl methyl sites for hydroxylation is 1. The summed E-state index contributed by atoms with van der Waals surface area (Å²) >= 11 is 0. The van der Waals surface area contributed by atoms with Gasteiger partial charge in [0.2, 0.25) is 0 Å². The predicted molar refractivity (Wildman–Crippen MR) is 83.5 cm³/mol. The molecule has 2 rings (SSSR count). The normalized spacial score (nSPS) is 12.1. The summed E-state index contributed by atoms with van der Waals surface area (Å²) < 4.78 is 5.21. The number of hydrogen-bond donors (Lipinski definition) is 2. The Morgan fingerprint density at radius 2 is 2.14 bits per heavy atom. The molecule has 0 aliphatic heterocycles. The number of benzene rings is 1. The van der Waals surface area contributed by atoms with Gasteiger partial charge in [-0.1, -0.05) is 13.0 Å². The van der Waals surface area contributed by atoms with Crippen LogP contribution in [0.3, 0.4) is 0 Å². The van der Waals surface area contributed by atoms with Crippen molar-refractivity contribution in [1.82, 2.24) is 10.3 Å². The molecule has 0 aliphatic carbocycles. The van der Waals surface area contributed by atoms with Crippen molar-refractivity contribution in [3.63, 3.8) is 0 Å². The van der Waals surface area contributed by atoms with Crippen LogP contribution in [0.5, 0.6) is 11.5 Å². The molecule has 0 radical (unpaired) electrons. The van der Waals surface area contributed by atoms with Gasteiger partial charge in [0.15, 0.2) is 0 Å². The van der Waals surface area contributed by atoms with Gasteiger partial charge in [0, 0.05) is 24.3 Å². The zero-order valence-corrected chi connectivity index (χ0v) is 12.8. The average Bonchev–Trinajstić information content (AvgIpc) is 2.53. The minimum atomic E-state index is 0.00631. The highest BCUT2D eigenvalue weighted by Gasteiger charge is 2.12. The second-order valence-electron chi connectivity index (χ2n) is 4.99. The molecule has 21 heavy (non-hydrogen) atoms. The molecule has 2 N–H and O–H groups in total. The highest BCUT2D eigenvalue weighted by molar-refractivity contribution is 5.41. The van der Waals surface area contributed by atoms with Crippen molar-refractivity contribution in [2.45, 2.75) is 32.9 Å². The third-order valence-corrected chi connectivity index (χ3v) is 3.64. The lowest BCUT2D eigenvalue weighted by Crippen LogP contribution is -2.19. The number of nitrogens with zero attached hydrogens (tertiary/aromatic N) is 1. The van der Waals surface area contributed by atoms with Gasteiger partial charge in [-0.05, 0) is 43.2 Å². The van der Waals surface area contributed by atoms with Crippen molar-refractivity contribution in [3.8, 4) is 11.5 Å². The predicted octanol–water partition coefficient (Wildman–Crippen LogP) is 3.21. The summed E-state index contributed by atoms with van der Waals surface area (Å²) in [5.41, 5.74) is 3.12. The highest BCUT2D eigenvalue weighted by Crippen LogP contribution is 2.28. The number of phenols is 1. The lowest BCUT2D eigenvalue weighted by atomic mass is 10.1. The van der Waals surface area contributed by atoms with Crippen molar-refractivity contribution < 1.29 is 9.84 Å². The lowest BCUT2D eigenvalue weighted by Gasteiger charge is -2.17. The number of pyridine rings is 1. The Kier molecular flexibility index (Phi) is 5.17. The van der Waals surface area contributed by atoms with Crippen molar-refractivity contribution in [2.75, 3.05) is 7.11 Å². The number of methoxy groups -OCH3 is 1. The SMILES string of the molecule is CCc1cccnc1CNC(C)c1cc(OC)ccc1O. The Hall–Kier alpha value is -2.07. The van der Waals surface area contributed by atoms with Crippen LogP contribution in [0.2, 0.25) is 0 Å². The molecule has 1 aromatic carbocycles. The fourth-order valence-corrected chi connectivity index (χ4v) is 2.32. The van der Waals surface area contributed by atoms with Gasteiger partial charge in [-0.15, -0.1) is 0 Å². The standard InChI is InChI=1S/C17H22N2O2/c1-4-13-6-5-9-18-16(13)11-19-12(2)15-10-14(21-3)7-8-17(15)20/h5-10,12,19-20H,4,11H2,1-3H3. The lowest BCUT2D eigenvalue weighted by molar-refractivity contribution is 0.407. The van der Waals surface area contributed by atoms with Gasteiger partial charge in [0.1, 0.15) is 11.5 Å². The molecule has 0 amide bonds. The van der Waals surface area contributed by atoms with E-state index in [0.29, 0.717) is 6.54 Å². The first-order chi connectivity index (χ1) is 10.2. The maximum atomic E-state index is 9.99. The molecule has 0 fully saturated rings. The molecule has 0 bridgehead atoms. The molecule has 4 nitrogen and oxygen atoms in total. The second kappa shape index (κ2) is 7.09. The summed E-state index contributed by atoms with van der Waals surface area (Å²) in [6, 6.07) is 9.32. The van der Waals surface area contributed by atoms with Crippen LogP contribution < -0.4 is 10.1 Å². The number of rotatable bonds is 6. The Balaban J connectivity index is 2.09. The minimum Gasteiger partial charge on any atom is -0.508 e. The van der Waals surface area contributed by atoms with Crippen LogP contribution in [0.4, 0.5) is 0 Å². The summed E-state index contributed by atoms with van der Waals surface area (Å²) in [6.45, 7) is 4.81. The van der Waals surface area contributed by atoms with Crippen molar-refractivity contribution in [2.24, 2.45) is 0 Å². The van der Waals surface area contributed by atoms with E-state index in [1.165, 1.54) is 5.56 Å². The number of nitrogens with one attached hydrogen (secondary N) is 1. The molecule has 112 valence electrons. The van der Waals surface area contributed by atoms with E-state index in [-0.39, 0.29) is 11.8 Å². The summed E-state index contributed by atoms with van der Waals surface area (Å²) in [4.78, 5) is 4.42. The topological polar surface area (TPSA) is 54.4 Å². The van der Waals surface area contributed by atoms with E-state index in [1.54, 1.807) is 19.2 Å². The van der Waals surface area contributed by atoms with E-state index in [2.05, 4.69) is 23.3 Å². The Labute approximate surface area is 125 Å². The third kappa shape index (κ3) is 3.73. The number of phenolic OH excluding ortho intramolecular Hbond substituents is 1. The molecule has 0 spiro atoms. The summed E-state index contributed by atoms with van der Waals surface area (Å²) in [5.74, 6) is 1.01. The van der Waals surface area contributed by atoms with E-state index < -0.39 is 0 Å². The van der Waals surface area contributed by atoms with Crippen LogP contribution in [-0.4, -0.2) is 17.2 Å². The van der Waals surface area contributed by atoms with E-state index in [1.807, 2.05) is 25.3 Å². The van der Waals surface area contributed by atoms with Gasteiger partial charge in [-0.2, -0.15) is 0 Å². The largest absolute Gasteiger partial charge is 0.508 e. The third-order valence-electron chi connectivity index (χ3n) is 3.64. The number of aromatic nitrogens is 1. The first-order valence-corrected chi connectivity index (χ1v) is 7.18. The van der Waals surface area contributed by atoms with E-state index in [4.69, 9.17) is 4.74 Å². The van der Waals surface area contributed by atoms with E-state index in [0.717, 1.165) is 23.4 Å². The molecule has 1 atom stereocenters.